The molecule has 0 atom stereocenters. The second-order valence-corrected chi connectivity index (χ2v) is 4.32. The zero-order valence-corrected chi connectivity index (χ0v) is 9.54. The van der Waals surface area contributed by atoms with Crippen LogP contribution in [0.15, 0.2) is 41.8 Å². The molecule has 0 aliphatic heterocycles. The van der Waals surface area contributed by atoms with E-state index < -0.39 is 0 Å². The zero-order valence-electron chi connectivity index (χ0n) is 8.72. The molecule has 0 unspecified atom stereocenters. The van der Waals surface area contributed by atoms with E-state index in [4.69, 9.17) is 10.00 Å². The molecule has 1 heterocycles. The van der Waals surface area contributed by atoms with Crippen molar-refractivity contribution in [1.82, 2.24) is 0 Å². The largest absolute Gasteiger partial charge is 0.492 e. The molecule has 0 saturated heterocycles. The van der Waals surface area contributed by atoms with Crippen molar-refractivity contribution in [3.63, 3.8) is 0 Å². The Morgan fingerprint density at radius 1 is 1.19 bits per heavy atom. The Hall–Kier alpha value is -1.79. The first kappa shape index (κ1) is 10.7. The van der Waals surface area contributed by atoms with Crippen LogP contribution in [0.5, 0.6) is 5.75 Å². The fourth-order valence-corrected chi connectivity index (χ4v) is 2.09. The number of hydrogen-bond donors (Lipinski definition) is 0. The minimum atomic E-state index is 0.591. The lowest BCUT2D eigenvalue weighted by Crippen LogP contribution is -2.01. The summed E-state index contributed by atoms with van der Waals surface area (Å²) in [4.78, 5) is 1.30. The molecule has 0 fully saturated rings. The van der Waals surface area contributed by atoms with Gasteiger partial charge in [0.25, 0.3) is 0 Å². The average Bonchev–Trinajstić information content (AvgIpc) is 2.83. The molecule has 1 aromatic heterocycles. The third-order valence-electron chi connectivity index (χ3n) is 2.19. The van der Waals surface area contributed by atoms with Crippen LogP contribution in [0.1, 0.15) is 10.4 Å². The lowest BCUT2D eigenvalue weighted by Gasteiger charge is -2.06. The summed E-state index contributed by atoms with van der Waals surface area (Å²) in [5.74, 6) is 0.668. The van der Waals surface area contributed by atoms with E-state index in [1.165, 1.54) is 4.88 Å². The molecule has 16 heavy (non-hydrogen) atoms. The SMILES string of the molecule is N#Cc1ccccc1OCCc1cccs1. The van der Waals surface area contributed by atoms with Crippen molar-refractivity contribution in [2.75, 3.05) is 6.61 Å². The molecule has 0 saturated carbocycles. The van der Waals surface area contributed by atoms with Gasteiger partial charge in [-0.25, -0.2) is 0 Å². The summed E-state index contributed by atoms with van der Waals surface area (Å²) >= 11 is 1.72. The summed E-state index contributed by atoms with van der Waals surface area (Å²) in [6.45, 7) is 0.610. The van der Waals surface area contributed by atoms with Crippen LogP contribution < -0.4 is 4.74 Å². The normalized spacial score (nSPS) is 9.69. The molecule has 2 nitrogen and oxygen atoms in total. The molecule has 3 heteroatoms. The molecule has 0 N–H and O–H groups in total. The van der Waals surface area contributed by atoms with Gasteiger partial charge in [0, 0.05) is 11.3 Å². The molecular formula is C13H11NOS. The molecule has 1 aromatic carbocycles. The molecule has 2 rings (SSSR count). The van der Waals surface area contributed by atoms with Gasteiger partial charge in [-0.15, -0.1) is 11.3 Å². The quantitative estimate of drug-likeness (QED) is 0.806. The van der Waals surface area contributed by atoms with E-state index in [1.54, 1.807) is 17.4 Å². The highest BCUT2D eigenvalue weighted by molar-refractivity contribution is 7.09. The highest BCUT2D eigenvalue weighted by Gasteiger charge is 2.01. The van der Waals surface area contributed by atoms with Crippen molar-refractivity contribution in [2.24, 2.45) is 0 Å². The highest BCUT2D eigenvalue weighted by Crippen LogP contribution is 2.17. The number of para-hydroxylation sites is 1. The van der Waals surface area contributed by atoms with Gasteiger partial charge in [0.15, 0.2) is 0 Å². The van der Waals surface area contributed by atoms with Gasteiger partial charge in [0.1, 0.15) is 11.8 Å². The maximum Gasteiger partial charge on any atom is 0.137 e. The van der Waals surface area contributed by atoms with Crippen LogP contribution in [-0.4, -0.2) is 6.61 Å². The fraction of sp³-hybridized carbons (Fsp3) is 0.154. The van der Waals surface area contributed by atoms with Crippen molar-refractivity contribution < 1.29 is 4.74 Å². The number of rotatable bonds is 4. The standard InChI is InChI=1S/C13H11NOS/c14-10-11-4-1-2-6-13(11)15-8-7-12-5-3-9-16-12/h1-6,9H,7-8H2. The van der Waals surface area contributed by atoms with Crippen LogP contribution >= 0.6 is 11.3 Å². The first-order valence-electron chi connectivity index (χ1n) is 5.04. The van der Waals surface area contributed by atoms with E-state index in [1.807, 2.05) is 24.3 Å². The van der Waals surface area contributed by atoms with Gasteiger partial charge >= 0.3 is 0 Å². The molecule has 0 aliphatic carbocycles. The van der Waals surface area contributed by atoms with Crippen molar-refractivity contribution in [1.29, 1.82) is 5.26 Å². The summed E-state index contributed by atoms with van der Waals surface area (Å²) in [7, 11) is 0. The Kier molecular flexibility index (Phi) is 3.58. The molecule has 0 amide bonds. The van der Waals surface area contributed by atoms with Crippen LogP contribution in [0.25, 0.3) is 0 Å². The summed E-state index contributed by atoms with van der Waals surface area (Å²) in [6.07, 6.45) is 0.886. The van der Waals surface area contributed by atoms with Crippen molar-refractivity contribution in [3.8, 4) is 11.8 Å². The third-order valence-corrected chi connectivity index (χ3v) is 3.13. The average molecular weight is 229 g/mol. The van der Waals surface area contributed by atoms with E-state index in [0.29, 0.717) is 17.9 Å². The number of hydrogen-bond acceptors (Lipinski definition) is 3. The van der Waals surface area contributed by atoms with Crippen LogP contribution in [0, 0.1) is 11.3 Å². The van der Waals surface area contributed by atoms with E-state index in [0.717, 1.165) is 6.42 Å². The maximum atomic E-state index is 8.87. The molecule has 80 valence electrons. The van der Waals surface area contributed by atoms with Gasteiger partial charge in [0.05, 0.1) is 12.2 Å². The highest BCUT2D eigenvalue weighted by atomic mass is 32.1. The van der Waals surface area contributed by atoms with Gasteiger partial charge in [0.2, 0.25) is 0 Å². The molecular weight excluding hydrogens is 218 g/mol. The predicted molar refractivity (Wildman–Crippen MR) is 64.7 cm³/mol. The second-order valence-electron chi connectivity index (χ2n) is 3.29. The molecule has 2 aromatic rings. The van der Waals surface area contributed by atoms with Crippen LogP contribution in [-0.2, 0) is 6.42 Å². The van der Waals surface area contributed by atoms with E-state index in [-0.39, 0.29) is 0 Å². The third kappa shape index (κ3) is 2.62. The van der Waals surface area contributed by atoms with Gasteiger partial charge in [-0.3, -0.25) is 0 Å². The number of nitriles is 1. The number of ether oxygens (including phenoxy) is 1. The Bertz CT molecular complexity index is 485. The minimum absolute atomic E-state index is 0.591. The first-order valence-corrected chi connectivity index (χ1v) is 5.92. The van der Waals surface area contributed by atoms with Gasteiger partial charge < -0.3 is 4.74 Å². The molecule has 0 bridgehead atoms. The molecule has 0 radical (unpaired) electrons. The van der Waals surface area contributed by atoms with Crippen LogP contribution in [0.4, 0.5) is 0 Å². The fourth-order valence-electron chi connectivity index (χ4n) is 1.40. The Balaban J connectivity index is 1.93. The van der Waals surface area contributed by atoms with Crippen LogP contribution in [0.2, 0.25) is 0 Å². The predicted octanol–water partition coefficient (Wildman–Crippen LogP) is 3.24. The molecule has 0 aliphatic rings. The molecule has 0 spiro atoms. The topological polar surface area (TPSA) is 33.0 Å². The lowest BCUT2D eigenvalue weighted by molar-refractivity contribution is 0.322. The number of benzene rings is 1. The maximum absolute atomic E-state index is 8.87. The zero-order chi connectivity index (χ0) is 11.2. The van der Waals surface area contributed by atoms with Crippen molar-refractivity contribution >= 4 is 11.3 Å². The van der Waals surface area contributed by atoms with Crippen LogP contribution in [0.3, 0.4) is 0 Å². The second kappa shape index (κ2) is 5.34. The van der Waals surface area contributed by atoms with Gasteiger partial charge in [-0.2, -0.15) is 5.26 Å². The Labute approximate surface area is 98.7 Å². The van der Waals surface area contributed by atoms with E-state index in [2.05, 4.69) is 17.5 Å². The van der Waals surface area contributed by atoms with Gasteiger partial charge in [-0.1, -0.05) is 18.2 Å². The minimum Gasteiger partial charge on any atom is -0.492 e. The van der Waals surface area contributed by atoms with E-state index >= 15 is 0 Å². The Morgan fingerprint density at radius 3 is 2.81 bits per heavy atom. The van der Waals surface area contributed by atoms with Gasteiger partial charge in [-0.05, 0) is 23.6 Å². The lowest BCUT2D eigenvalue weighted by atomic mass is 10.2. The van der Waals surface area contributed by atoms with E-state index in [9.17, 15) is 0 Å². The Morgan fingerprint density at radius 2 is 2.06 bits per heavy atom. The van der Waals surface area contributed by atoms with Crippen molar-refractivity contribution in [2.45, 2.75) is 6.42 Å². The first-order chi connectivity index (χ1) is 7.90. The number of nitrogens with zero attached hydrogens (tertiary/aromatic N) is 1. The summed E-state index contributed by atoms with van der Waals surface area (Å²) in [5, 5.41) is 10.9. The summed E-state index contributed by atoms with van der Waals surface area (Å²) in [6, 6.07) is 13.5. The smallest absolute Gasteiger partial charge is 0.137 e. The number of thiophene rings is 1. The summed E-state index contributed by atoms with van der Waals surface area (Å²) in [5.41, 5.74) is 0.591. The summed E-state index contributed by atoms with van der Waals surface area (Å²) < 4.78 is 5.59. The monoisotopic (exact) mass is 229 g/mol. The van der Waals surface area contributed by atoms with Crippen molar-refractivity contribution in [3.05, 3.63) is 52.2 Å².